The standard InChI is InChI=1S/C9H11NO3/c1-3-13-8-4-7(9(11)12)5-10-6(8)2/h4-5H,3H2,1-2H3,(H,11,12). The highest BCUT2D eigenvalue weighted by atomic mass is 16.5. The number of nitrogens with zero attached hydrogens (tertiary/aromatic N) is 1. The number of pyridine rings is 1. The molecule has 0 aliphatic rings. The molecule has 1 N–H and O–H groups in total. The van der Waals surface area contributed by atoms with Crippen molar-refractivity contribution in [2.75, 3.05) is 6.61 Å². The smallest absolute Gasteiger partial charge is 0.337 e. The molecule has 1 rings (SSSR count). The van der Waals surface area contributed by atoms with Crippen molar-refractivity contribution in [1.29, 1.82) is 0 Å². The van der Waals surface area contributed by atoms with E-state index in [4.69, 9.17) is 9.84 Å². The summed E-state index contributed by atoms with van der Waals surface area (Å²) in [5.41, 5.74) is 0.848. The molecular weight excluding hydrogens is 170 g/mol. The molecule has 0 fully saturated rings. The van der Waals surface area contributed by atoms with Gasteiger partial charge in [-0.15, -0.1) is 0 Å². The number of carboxylic acids is 1. The Kier molecular flexibility index (Phi) is 2.84. The Morgan fingerprint density at radius 3 is 2.92 bits per heavy atom. The molecule has 4 heteroatoms. The third kappa shape index (κ3) is 2.18. The fraction of sp³-hybridized carbons (Fsp3) is 0.333. The first kappa shape index (κ1) is 9.51. The summed E-state index contributed by atoms with van der Waals surface area (Å²) >= 11 is 0. The molecule has 0 amide bonds. The largest absolute Gasteiger partial charge is 0.492 e. The molecule has 0 aliphatic heterocycles. The lowest BCUT2D eigenvalue weighted by atomic mass is 10.2. The quantitative estimate of drug-likeness (QED) is 0.767. The molecule has 0 aromatic carbocycles. The van der Waals surface area contributed by atoms with Crippen LogP contribution in [0, 0.1) is 6.92 Å². The molecule has 0 unspecified atom stereocenters. The highest BCUT2D eigenvalue weighted by Gasteiger charge is 2.07. The first-order valence-corrected chi connectivity index (χ1v) is 3.98. The number of carbonyl (C=O) groups is 1. The fourth-order valence-corrected chi connectivity index (χ4v) is 0.932. The normalized spacial score (nSPS) is 9.69. The van der Waals surface area contributed by atoms with Gasteiger partial charge in [-0.25, -0.2) is 4.79 Å². The monoisotopic (exact) mass is 181 g/mol. The molecule has 0 saturated heterocycles. The van der Waals surface area contributed by atoms with Gasteiger partial charge in [-0.3, -0.25) is 4.98 Å². The van der Waals surface area contributed by atoms with Crippen molar-refractivity contribution in [3.63, 3.8) is 0 Å². The number of ether oxygens (including phenoxy) is 1. The van der Waals surface area contributed by atoms with E-state index >= 15 is 0 Å². The second-order valence-corrected chi connectivity index (χ2v) is 2.55. The molecule has 1 heterocycles. The zero-order chi connectivity index (χ0) is 9.84. The Balaban J connectivity index is 3.03. The van der Waals surface area contributed by atoms with Crippen molar-refractivity contribution in [3.8, 4) is 5.75 Å². The van der Waals surface area contributed by atoms with Crippen LogP contribution in [-0.2, 0) is 0 Å². The van der Waals surface area contributed by atoms with Crippen molar-refractivity contribution in [1.82, 2.24) is 4.98 Å². The third-order valence-corrected chi connectivity index (χ3v) is 1.59. The van der Waals surface area contributed by atoms with Gasteiger partial charge in [0, 0.05) is 6.20 Å². The molecule has 1 aromatic rings. The summed E-state index contributed by atoms with van der Waals surface area (Å²) in [6.45, 7) is 4.12. The van der Waals surface area contributed by atoms with Crippen LogP contribution in [0.1, 0.15) is 23.0 Å². The topological polar surface area (TPSA) is 59.4 Å². The minimum absolute atomic E-state index is 0.147. The summed E-state index contributed by atoms with van der Waals surface area (Å²) in [5.74, 6) is -0.462. The van der Waals surface area contributed by atoms with E-state index < -0.39 is 5.97 Å². The summed E-state index contributed by atoms with van der Waals surface area (Å²) < 4.78 is 5.20. The van der Waals surface area contributed by atoms with E-state index in [1.165, 1.54) is 12.3 Å². The van der Waals surface area contributed by atoms with Gasteiger partial charge < -0.3 is 9.84 Å². The maximum absolute atomic E-state index is 10.6. The van der Waals surface area contributed by atoms with Crippen LogP contribution in [0.15, 0.2) is 12.3 Å². The fourth-order valence-electron chi connectivity index (χ4n) is 0.932. The van der Waals surface area contributed by atoms with Crippen LogP contribution in [0.3, 0.4) is 0 Å². The lowest BCUT2D eigenvalue weighted by molar-refractivity contribution is 0.0696. The second kappa shape index (κ2) is 3.89. The van der Waals surface area contributed by atoms with E-state index in [1.807, 2.05) is 6.92 Å². The van der Waals surface area contributed by atoms with Gasteiger partial charge in [0.05, 0.1) is 17.9 Å². The summed E-state index contributed by atoms with van der Waals surface area (Å²) in [5, 5.41) is 8.67. The first-order valence-electron chi connectivity index (χ1n) is 3.98. The van der Waals surface area contributed by atoms with Crippen LogP contribution in [0.25, 0.3) is 0 Å². The molecule has 70 valence electrons. The van der Waals surface area contributed by atoms with Crippen molar-refractivity contribution < 1.29 is 14.6 Å². The average molecular weight is 181 g/mol. The maximum atomic E-state index is 10.6. The number of aromatic nitrogens is 1. The number of aryl methyl sites for hydroxylation is 1. The Labute approximate surface area is 76.2 Å². The van der Waals surface area contributed by atoms with Crippen LogP contribution in [0.2, 0.25) is 0 Å². The summed E-state index contributed by atoms with van der Waals surface area (Å²) in [6.07, 6.45) is 1.32. The Morgan fingerprint density at radius 2 is 2.38 bits per heavy atom. The zero-order valence-electron chi connectivity index (χ0n) is 7.57. The van der Waals surface area contributed by atoms with Crippen molar-refractivity contribution in [2.45, 2.75) is 13.8 Å². The summed E-state index contributed by atoms with van der Waals surface area (Å²) in [6, 6.07) is 1.48. The minimum atomic E-state index is -0.992. The van der Waals surface area contributed by atoms with Crippen LogP contribution < -0.4 is 4.74 Å². The van der Waals surface area contributed by atoms with Gasteiger partial charge >= 0.3 is 5.97 Å². The molecule has 0 aliphatic carbocycles. The molecule has 0 spiro atoms. The number of rotatable bonds is 3. The zero-order valence-corrected chi connectivity index (χ0v) is 7.57. The molecule has 4 nitrogen and oxygen atoms in total. The Morgan fingerprint density at radius 1 is 1.69 bits per heavy atom. The molecule has 13 heavy (non-hydrogen) atoms. The van der Waals surface area contributed by atoms with Gasteiger partial charge in [0.2, 0.25) is 0 Å². The van der Waals surface area contributed by atoms with E-state index in [0.717, 1.165) is 0 Å². The third-order valence-electron chi connectivity index (χ3n) is 1.59. The van der Waals surface area contributed by atoms with Crippen LogP contribution in [0.5, 0.6) is 5.75 Å². The second-order valence-electron chi connectivity index (χ2n) is 2.55. The van der Waals surface area contributed by atoms with Gasteiger partial charge in [-0.1, -0.05) is 0 Å². The molecule has 0 atom stereocenters. The van der Waals surface area contributed by atoms with Crippen molar-refractivity contribution in [3.05, 3.63) is 23.5 Å². The average Bonchev–Trinajstić information content (AvgIpc) is 2.08. The summed E-state index contributed by atoms with van der Waals surface area (Å²) in [7, 11) is 0. The van der Waals surface area contributed by atoms with Crippen molar-refractivity contribution in [2.24, 2.45) is 0 Å². The molecular formula is C9H11NO3. The molecule has 0 saturated carbocycles. The maximum Gasteiger partial charge on any atom is 0.337 e. The van der Waals surface area contributed by atoms with Crippen LogP contribution in [-0.4, -0.2) is 22.7 Å². The van der Waals surface area contributed by atoms with E-state index in [1.54, 1.807) is 6.92 Å². The van der Waals surface area contributed by atoms with E-state index in [9.17, 15) is 4.79 Å². The molecule has 0 radical (unpaired) electrons. The van der Waals surface area contributed by atoms with Crippen molar-refractivity contribution >= 4 is 5.97 Å². The van der Waals surface area contributed by atoms with Gasteiger partial charge in [0.1, 0.15) is 5.75 Å². The predicted molar refractivity (Wildman–Crippen MR) is 47.1 cm³/mol. The molecule has 1 aromatic heterocycles. The number of hydrogen-bond acceptors (Lipinski definition) is 3. The number of hydrogen-bond donors (Lipinski definition) is 1. The van der Waals surface area contributed by atoms with Crippen LogP contribution in [0.4, 0.5) is 0 Å². The lowest BCUT2D eigenvalue weighted by Crippen LogP contribution is -2.01. The highest BCUT2D eigenvalue weighted by molar-refractivity contribution is 5.87. The number of aromatic carboxylic acids is 1. The SMILES string of the molecule is CCOc1cc(C(=O)O)cnc1C. The molecule has 0 bridgehead atoms. The van der Waals surface area contributed by atoms with Crippen LogP contribution >= 0.6 is 0 Å². The lowest BCUT2D eigenvalue weighted by Gasteiger charge is -2.06. The number of carboxylic acid groups (broad SMARTS) is 1. The first-order chi connectivity index (χ1) is 6.15. The summed E-state index contributed by atoms with van der Waals surface area (Å²) in [4.78, 5) is 14.5. The van der Waals surface area contributed by atoms with Gasteiger partial charge in [-0.05, 0) is 19.9 Å². The van der Waals surface area contributed by atoms with Gasteiger partial charge in [0.25, 0.3) is 0 Å². The Bertz CT molecular complexity index is 323. The minimum Gasteiger partial charge on any atom is -0.492 e. The van der Waals surface area contributed by atoms with Gasteiger partial charge in [0.15, 0.2) is 0 Å². The predicted octanol–water partition coefficient (Wildman–Crippen LogP) is 1.49. The highest BCUT2D eigenvalue weighted by Crippen LogP contribution is 2.16. The Hall–Kier alpha value is -1.58. The van der Waals surface area contributed by atoms with E-state index in [0.29, 0.717) is 18.1 Å². The van der Waals surface area contributed by atoms with E-state index in [2.05, 4.69) is 4.98 Å². The van der Waals surface area contributed by atoms with E-state index in [-0.39, 0.29) is 5.56 Å². The van der Waals surface area contributed by atoms with Gasteiger partial charge in [-0.2, -0.15) is 0 Å².